The second kappa shape index (κ2) is 9.36. The number of carbonyl (C=O) groups is 1. The highest BCUT2D eigenvalue weighted by molar-refractivity contribution is 5.94. The molecule has 0 unspecified atom stereocenters. The Balaban J connectivity index is 1.74. The van der Waals surface area contributed by atoms with Crippen LogP contribution in [0.5, 0.6) is 0 Å². The summed E-state index contributed by atoms with van der Waals surface area (Å²) in [6.07, 6.45) is 1.01. The van der Waals surface area contributed by atoms with Crippen molar-refractivity contribution < 1.29 is 27.8 Å². The summed E-state index contributed by atoms with van der Waals surface area (Å²) in [4.78, 5) is 17.4. The number of methoxy groups -OCH3 is 1. The second-order valence-electron chi connectivity index (χ2n) is 7.07. The molecule has 2 heterocycles. The molecule has 0 spiro atoms. The van der Waals surface area contributed by atoms with Gasteiger partial charge in [0.2, 0.25) is 5.79 Å². The van der Waals surface area contributed by atoms with E-state index in [0.717, 1.165) is 0 Å². The number of hydrogen-bond acceptors (Lipinski definition) is 7. The number of esters is 1. The lowest BCUT2D eigenvalue weighted by Crippen LogP contribution is -2.65. The highest BCUT2D eigenvalue weighted by atomic mass is 19.1. The van der Waals surface area contributed by atoms with Gasteiger partial charge in [-0.05, 0) is 13.0 Å². The molecule has 1 saturated heterocycles. The van der Waals surface area contributed by atoms with Gasteiger partial charge in [-0.15, -0.1) is 0 Å². The van der Waals surface area contributed by atoms with Gasteiger partial charge >= 0.3 is 5.97 Å². The standard InChI is InChI=1S/C21H24F2N4O4/c1-3-31-21(29-2)11-27(12-21)20-16(22)7-14(9-26-20)15-6-4-5-13(19(15)23)10-30-18(28)8-17(24)25/h4-7,9H,3,8,10-12H2,1-2H3,(H3,24,25). The third-order valence-corrected chi connectivity index (χ3v) is 4.88. The number of benzene rings is 1. The molecule has 1 aliphatic rings. The molecule has 2 aromatic rings. The zero-order valence-corrected chi connectivity index (χ0v) is 17.3. The number of hydrogen-bond donors (Lipinski definition) is 2. The summed E-state index contributed by atoms with van der Waals surface area (Å²) in [5.41, 5.74) is 5.63. The van der Waals surface area contributed by atoms with Gasteiger partial charge in [-0.3, -0.25) is 10.2 Å². The van der Waals surface area contributed by atoms with Gasteiger partial charge in [0.1, 0.15) is 24.7 Å². The van der Waals surface area contributed by atoms with Crippen LogP contribution in [0.1, 0.15) is 18.9 Å². The number of halogens is 2. The molecule has 3 rings (SSSR count). The quantitative estimate of drug-likeness (QED) is 0.270. The molecule has 0 aliphatic carbocycles. The second-order valence-corrected chi connectivity index (χ2v) is 7.07. The van der Waals surface area contributed by atoms with Crippen LogP contribution in [0.25, 0.3) is 11.1 Å². The van der Waals surface area contributed by atoms with Crippen molar-refractivity contribution >= 4 is 17.6 Å². The van der Waals surface area contributed by atoms with E-state index in [0.29, 0.717) is 19.7 Å². The molecule has 0 atom stereocenters. The third kappa shape index (κ3) is 4.97. The number of rotatable bonds is 9. The Labute approximate surface area is 178 Å². The zero-order valence-electron chi connectivity index (χ0n) is 17.3. The highest BCUT2D eigenvalue weighted by Gasteiger charge is 2.45. The van der Waals surface area contributed by atoms with Crippen molar-refractivity contribution in [3.05, 3.63) is 47.7 Å². The first-order valence-electron chi connectivity index (χ1n) is 9.64. The molecule has 1 aromatic carbocycles. The predicted octanol–water partition coefficient (Wildman–Crippen LogP) is 2.60. The van der Waals surface area contributed by atoms with E-state index in [9.17, 15) is 13.6 Å². The van der Waals surface area contributed by atoms with Crippen molar-refractivity contribution in [3.63, 3.8) is 0 Å². The van der Waals surface area contributed by atoms with Crippen molar-refractivity contribution in [2.45, 2.75) is 25.7 Å². The predicted molar refractivity (Wildman–Crippen MR) is 109 cm³/mol. The SMILES string of the molecule is CCOC1(OC)CN(c2ncc(-c3cccc(COC(=O)CC(=N)N)c3F)cc2F)C1. The van der Waals surface area contributed by atoms with Gasteiger partial charge in [0.25, 0.3) is 0 Å². The molecular formula is C21H24F2N4O4. The van der Waals surface area contributed by atoms with Crippen molar-refractivity contribution in [2.75, 3.05) is 31.7 Å². The number of anilines is 1. The van der Waals surface area contributed by atoms with Crippen LogP contribution in [0.4, 0.5) is 14.6 Å². The van der Waals surface area contributed by atoms with Gasteiger partial charge in [0.15, 0.2) is 11.6 Å². The number of amidine groups is 1. The average Bonchev–Trinajstić information content (AvgIpc) is 2.69. The molecule has 0 bridgehead atoms. The summed E-state index contributed by atoms with van der Waals surface area (Å²) in [6, 6.07) is 5.72. The topological polar surface area (TPSA) is 111 Å². The van der Waals surface area contributed by atoms with Crippen LogP contribution in [0.3, 0.4) is 0 Å². The first kappa shape index (κ1) is 22.6. The molecular weight excluding hydrogens is 410 g/mol. The van der Waals surface area contributed by atoms with E-state index >= 15 is 0 Å². The Morgan fingerprint density at radius 1 is 1.35 bits per heavy atom. The van der Waals surface area contributed by atoms with Crippen molar-refractivity contribution in [2.24, 2.45) is 5.73 Å². The summed E-state index contributed by atoms with van der Waals surface area (Å²) >= 11 is 0. The van der Waals surface area contributed by atoms with Gasteiger partial charge in [-0.1, -0.05) is 18.2 Å². The third-order valence-electron chi connectivity index (χ3n) is 4.88. The van der Waals surface area contributed by atoms with Gasteiger partial charge in [0, 0.05) is 36.6 Å². The highest BCUT2D eigenvalue weighted by Crippen LogP contribution is 2.33. The molecule has 0 radical (unpaired) electrons. The maximum absolute atomic E-state index is 14.9. The van der Waals surface area contributed by atoms with E-state index in [4.69, 9.17) is 25.4 Å². The lowest BCUT2D eigenvalue weighted by atomic mass is 10.0. The van der Waals surface area contributed by atoms with Crippen LogP contribution in [-0.4, -0.2) is 49.4 Å². The Hall–Kier alpha value is -3.11. The fourth-order valence-corrected chi connectivity index (χ4v) is 3.32. The maximum atomic E-state index is 14.9. The summed E-state index contributed by atoms with van der Waals surface area (Å²) in [7, 11) is 1.53. The van der Waals surface area contributed by atoms with Crippen molar-refractivity contribution in [1.29, 1.82) is 5.41 Å². The van der Waals surface area contributed by atoms with Gasteiger partial charge in [-0.25, -0.2) is 13.8 Å². The number of aromatic nitrogens is 1. The minimum Gasteiger partial charge on any atom is -0.460 e. The van der Waals surface area contributed by atoms with Crippen LogP contribution >= 0.6 is 0 Å². The minimum absolute atomic E-state index is 0.114. The number of nitrogens with one attached hydrogen (secondary N) is 1. The van der Waals surface area contributed by atoms with E-state index in [2.05, 4.69) is 4.98 Å². The number of pyridine rings is 1. The number of nitrogens with zero attached hydrogens (tertiary/aromatic N) is 2. The fraction of sp³-hybridized carbons (Fsp3) is 0.381. The van der Waals surface area contributed by atoms with E-state index in [1.807, 2.05) is 6.92 Å². The molecule has 0 saturated carbocycles. The summed E-state index contributed by atoms with van der Waals surface area (Å²) in [5.74, 6) is -2.97. The molecule has 3 N–H and O–H groups in total. The molecule has 0 amide bonds. The van der Waals surface area contributed by atoms with Crippen LogP contribution in [0.2, 0.25) is 0 Å². The summed E-state index contributed by atoms with van der Waals surface area (Å²) in [6.45, 7) is 2.65. The van der Waals surface area contributed by atoms with Crippen molar-refractivity contribution in [1.82, 2.24) is 4.98 Å². The minimum atomic E-state index is -0.776. The molecule has 1 aromatic heterocycles. The first-order valence-corrected chi connectivity index (χ1v) is 9.64. The van der Waals surface area contributed by atoms with E-state index in [-0.39, 0.29) is 41.4 Å². The summed E-state index contributed by atoms with van der Waals surface area (Å²) in [5, 5.41) is 7.08. The van der Waals surface area contributed by atoms with Crippen LogP contribution in [0, 0.1) is 17.0 Å². The molecule has 166 valence electrons. The normalized spacial score (nSPS) is 14.8. The van der Waals surface area contributed by atoms with E-state index < -0.39 is 23.4 Å². The molecule has 31 heavy (non-hydrogen) atoms. The fourth-order valence-electron chi connectivity index (χ4n) is 3.32. The van der Waals surface area contributed by atoms with Crippen LogP contribution in [-0.2, 0) is 25.6 Å². The number of carbonyl (C=O) groups excluding carboxylic acids is 1. The Bertz CT molecular complexity index is 980. The summed E-state index contributed by atoms with van der Waals surface area (Å²) < 4.78 is 45.5. The van der Waals surface area contributed by atoms with Gasteiger partial charge in [0.05, 0.1) is 13.1 Å². The van der Waals surface area contributed by atoms with Crippen molar-refractivity contribution in [3.8, 4) is 11.1 Å². The van der Waals surface area contributed by atoms with E-state index in [1.54, 1.807) is 11.0 Å². The lowest BCUT2D eigenvalue weighted by molar-refractivity contribution is -0.232. The van der Waals surface area contributed by atoms with Gasteiger partial charge in [-0.2, -0.15) is 0 Å². The number of nitrogens with two attached hydrogens (primary N) is 1. The van der Waals surface area contributed by atoms with Crippen LogP contribution < -0.4 is 10.6 Å². The Morgan fingerprint density at radius 2 is 2.10 bits per heavy atom. The molecule has 1 aliphatic heterocycles. The van der Waals surface area contributed by atoms with E-state index in [1.165, 1.54) is 31.5 Å². The molecule has 10 heteroatoms. The van der Waals surface area contributed by atoms with Crippen LogP contribution in [0.15, 0.2) is 30.5 Å². The van der Waals surface area contributed by atoms with Gasteiger partial charge < -0.3 is 24.8 Å². The average molecular weight is 434 g/mol. The lowest BCUT2D eigenvalue weighted by Gasteiger charge is -2.48. The zero-order chi connectivity index (χ0) is 22.6. The molecule has 8 nitrogen and oxygen atoms in total. The maximum Gasteiger partial charge on any atom is 0.313 e. The Morgan fingerprint density at radius 3 is 2.71 bits per heavy atom. The Kier molecular flexibility index (Phi) is 6.81. The monoisotopic (exact) mass is 434 g/mol. The first-order chi connectivity index (χ1) is 14.8. The number of ether oxygens (including phenoxy) is 3. The molecule has 1 fully saturated rings. The smallest absolute Gasteiger partial charge is 0.313 e. The largest absolute Gasteiger partial charge is 0.460 e.